The molecule has 0 radical (unpaired) electrons. The van der Waals surface area contributed by atoms with Crippen LogP contribution in [0.2, 0.25) is 0 Å². The van der Waals surface area contributed by atoms with E-state index in [2.05, 4.69) is 33.9 Å². The molecule has 1 heterocycles. The van der Waals surface area contributed by atoms with Crippen molar-refractivity contribution < 1.29 is 0 Å². The fourth-order valence-electron chi connectivity index (χ4n) is 3.60. The van der Waals surface area contributed by atoms with Gasteiger partial charge in [-0.1, -0.05) is 46.0 Å². The van der Waals surface area contributed by atoms with Crippen molar-refractivity contribution in [3.8, 4) is 0 Å². The zero-order valence-corrected chi connectivity index (χ0v) is 13.9. The predicted octanol–water partition coefficient (Wildman–Crippen LogP) is 3.57. The van der Waals surface area contributed by atoms with Crippen LogP contribution in [0.25, 0.3) is 0 Å². The van der Waals surface area contributed by atoms with Gasteiger partial charge in [0.2, 0.25) is 0 Å². The number of aryl methyl sites for hydroxylation is 1. The molecule has 0 amide bonds. The van der Waals surface area contributed by atoms with Crippen molar-refractivity contribution in [1.29, 1.82) is 0 Å². The van der Waals surface area contributed by atoms with Crippen molar-refractivity contribution in [1.82, 2.24) is 20.1 Å². The fraction of sp³-hybridized carbons (Fsp3) is 0.882. The van der Waals surface area contributed by atoms with E-state index in [1.165, 1.54) is 44.9 Å². The highest BCUT2D eigenvalue weighted by Gasteiger charge is 2.23. The molecule has 0 saturated heterocycles. The average Bonchev–Trinajstić information content (AvgIpc) is 2.86. The first kappa shape index (κ1) is 16.5. The molecule has 0 aliphatic heterocycles. The molecule has 1 N–H and O–H groups in total. The van der Waals surface area contributed by atoms with Gasteiger partial charge in [-0.3, -0.25) is 4.68 Å². The largest absolute Gasteiger partial charge is 0.314 e. The van der Waals surface area contributed by atoms with Crippen LogP contribution in [0.4, 0.5) is 0 Å². The second kappa shape index (κ2) is 9.19. The van der Waals surface area contributed by atoms with Crippen LogP contribution in [0.3, 0.4) is 0 Å². The van der Waals surface area contributed by atoms with E-state index in [1.54, 1.807) is 6.33 Å². The molecule has 0 bridgehead atoms. The smallest absolute Gasteiger partial charge is 0.138 e. The van der Waals surface area contributed by atoms with Crippen LogP contribution < -0.4 is 5.32 Å². The van der Waals surface area contributed by atoms with E-state index in [9.17, 15) is 0 Å². The van der Waals surface area contributed by atoms with Gasteiger partial charge < -0.3 is 5.32 Å². The van der Waals surface area contributed by atoms with Gasteiger partial charge in [0.1, 0.15) is 12.2 Å². The highest BCUT2D eigenvalue weighted by atomic mass is 15.3. The summed E-state index contributed by atoms with van der Waals surface area (Å²) in [5.74, 6) is 1.96. The zero-order chi connectivity index (χ0) is 14.9. The van der Waals surface area contributed by atoms with Gasteiger partial charge in [-0.2, -0.15) is 5.10 Å². The summed E-state index contributed by atoms with van der Waals surface area (Å²) >= 11 is 0. The second-order valence-electron chi connectivity index (χ2n) is 6.37. The summed E-state index contributed by atoms with van der Waals surface area (Å²) in [6, 6.07) is 0.563. The molecule has 0 spiro atoms. The summed E-state index contributed by atoms with van der Waals surface area (Å²) in [4.78, 5) is 4.51. The van der Waals surface area contributed by atoms with E-state index in [0.717, 1.165) is 37.7 Å². The number of rotatable bonds is 7. The Balaban J connectivity index is 2.00. The molecule has 1 aliphatic carbocycles. The van der Waals surface area contributed by atoms with Gasteiger partial charge in [0.25, 0.3) is 0 Å². The molecule has 1 aromatic rings. The van der Waals surface area contributed by atoms with E-state index in [4.69, 9.17) is 0 Å². The molecule has 120 valence electrons. The van der Waals surface area contributed by atoms with Gasteiger partial charge in [0.05, 0.1) is 0 Å². The molecule has 4 nitrogen and oxygen atoms in total. The van der Waals surface area contributed by atoms with Gasteiger partial charge in [-0.05, 0) is 31.7 Å². The number of hydrogen-bond donors (Lipinski definition) is 1. The maximum Gasteiger partial charge on any atom is 0.138 e. The van der Waals surface area contributed by atoms with Crippen molar-refractivity contribution in [2.45, 2.75) is 84.2 Å². The third-order valence-corrected chi connectivity index (χ3v) is 4.72. The Morgan fingerprint density at radius 3 is 2.57 bits per heavy atom. The molecule has 0 aromatic carbocycles. The van der Waals surface area contributed by atoms with Crippen LogP contribution in [0.15, 0.2) is 6.33 Å². The lowest BCUT2D eigenvalue weighted by Crippen LogP contribution is -2.39. The number of hydrogen-bond acceptors (Lipinski definition) is 3. The van der Waals surface area contributed by atoms with E-state index in [1.807, 2.05) is 0 Å². The number of likely N-dealkylation sites (N-methyl/N-ethyl adjacent to an activating group) is 1. The molecule has 2 rings (SSSR count). The molecule has 1 aliphatic rings. The summed E-state index contributed by atoms with van der Waals surface area (Å²) in [5, 5.41) is 8.10. The number of nitrogens with one attached hydrogen (secondary N) is 1. The van der Waals surface area contributed by atoms with Crippen LogP contribution in [0.1, 0.15) is 71.0 Å². The Hall–Kier alpha value is -0.900. The monoisotopic (exact) mass is 292 g/mol. The van der Waals surface area contributed by atoms with Crippen molar-refractivity contribution in [2.24, 2.45) is 5.92 Å². The lowest BCUT2D eigenvalue weighted by atomic mass is 9.84. The molecular weight excluding hydrogens is 260 g/mol. The first-order chi connectivity index (χ1) is 10.3. The maximum absolute atomic E-state index is 4.51. The highest BCUT2D eigenvalue weighted by molar-refractivity contribution is 4.92. The van der Waals surface area contributed by atoms with Gasteiger partial charge in [-0.15, -0.1) is 0 Å². The molecule has 21 heavy (non-hydrogen) atoms. The van der Waals surface area contributed by atoms with Crippen LogP contribution in [0.5, 0.6) is 0 Å². The molecule has 1 unspecified atom stereocenters. The fourth-order valence-corrected chi connectivity index (χ4v) is 3.60. The van der Waals surface area contributed by atoms with E-state index in [0.29, 0.717) is 6.04 Å². The Labute approximate surface area is 129 Å². The molecule has 4 heteroatoms. The normalized spacial score (nSPS) is 19.1. The predicted molar refractivity (Wildman–Crippen MR) is 87.3 cm³/mol. The van der Waals surface area contributed by atoms with E-state index >= 15 is 0 Å². The van der Waals surface area contributed by atoms with Crippen molar-refractivity contribution in [3.63, 3.8) is 0 Å². The summed E-state index contributed by atoms with van der Waals surface area (Å²) in [6.07, 6.45) is 13.7. The minimum absolute atomic E-state index is 0.563. The minimum Gasteiger partial charge on any atom is -0.314 e. The van der Waals surface area contributed by atoms with Crippen molar-refractivity contribution >= 4 is 0 Å². The van der Waals surface area contributed by atoms with Crippen molar-refractivity contribution in [3.05, 3.63) is 12.2 Å². The topological polar surface area (TPSA) is 42.7 Å². The second-order valence-corrected chi connectivity index (χ2v) is 6.37. The Bertz CT molecular complexity index is 380. The summed E-state index contributed by atoms with van der Waals surface area (Å²) < 4.78 is 2.09. The third-order valence-electron chi connectivity index (χ3n) is 4.72. The molecule has 1 saturated carbocycles. The average molecular weight is 292 g/mol. The summed E-state index contributed by atoms with van der Waals surface area (Å²) in [7, 11) is 0. The number of aromatic nitrogens is 3. The van der Waals surface area contributed by atoms with Crippen LogP contribution in [-0.2, 0) is 13.0 Å². The standard InChI is InChI=1S/C17H32N4/c1-3-12-21-17(19-14-20-21)13-16(18-4-2)15-10-8-6-5-7-9-11-15/h14-16,18H,3-13H2,1-2H3. The number of nitrogens with zero attached hydrogens (tertiary/aromatic N) is 3. The van der Waals surface area contributed by atoms with Crippen LogP contribution >= 0.6 is 0 Å². The third kappa shape index (κ3) is 5.10. The SMILES string of the molecule is CCCn1ncnc1CC(NCC)C1CCCCCCC1. The van der Waals surface area contributed by atoms with Crippen molar-refractivity contribution in [2.75, 3.05) is 6.54 Å². The molecule has 1 aromatic heterocycles. The lowest BCUT2D eigenvalue weighted by molar-refractivity contribution is 0.281. The minimum atomic E-state index is 0.563. The maximum atomic E-state index is 4.51. The summed E-state index contributed by atoms with van der Waals surface area (Å²) in [5.41, 5.74) is 0. The molecule has 1 atom stereocenters. The Morgan fingerprint density at radius 1 is 1.19 bits per heavy atom. The van der Waals surface area contributed by atoms with E-state index < -0.39 is 0 Å². The first-order valence-corrected chi connectivity index (χ1v) is 8.95. The van der Waals surface area contributed by atoms with Gasteiger partial charge in [-0.25, -0.2) is 4.98 Å². The zero-order valence-electron chi connectivity index (χ0n) is 13.9. The quantitative estimate of drug-likeness (QED) is 0.835. The van der Waals surface area contributed by atoms with Gasteiger partial charge >= 0.3 is 0 Å². The molecular formula is C17H32N4. The van der Waals surface area contributed by atoms with Gasteiger partial charge in [0.15, 0.2) is 0 Å². The Kier molecular flexibility index (Phi) is 7.20. The lowest BCUT2D eigenvalue weighted by Gasteiger charge is -2.29. The summed E-state index contributed by atoms with van der Waals surface area (Å²) in [6.45, 7) is 6.44. The Morgan fingerprint density at radius 2 is 1.90 bits per heavy atom. The highest BCUT2D eigenvalue weighted by Crippen LogP contribution is 2.26. The van der Waals surface area contributed by atoms with Crippen LogP contribution in [-0.4, -0.2) is 27.4 Å². The van der Waals surface area contributed by atoms with Gasteiger partial charge in [0, 0.05) is 19.0 Å². The van der Waals surface area contributed by atoms with Crippen LogP contribution in [0, 0.1) is 5.92 Å². The molecule has 1 fully saturated rings. The first-order valence-electron chi connectivity index (χ1n) is 8.95. The van der Waals surface area contributed by atoms with E-state index in [-0.39, 0.29) is 0 Å².